The number of nitrogens with zero attached hydrogens (tertiary/aromatic N) is 2. The van der Waals surface area contributed by atoms with Crippen molar-refractivity contribution in [1.82, 2.24) is 15.1 Å². The lowest BCUT2D eigenvalue weighted by atomic mass is 10.1. The van der Waals surface area contributed by atoms with E-state index in [0.717, 1.165) is 61.7 Å². The molecule has 1 heterocycles. The number of piperazine rings is 1. The van der Waals surface area contributed by atoms with E-state index >= 15 is 0 Å². The molecule has 0 saturated carbocycles. The van der Waals surface area contributed by atoms with Crippen molar-refractivity contribution < 1.29 is 9.18 Å². The van der Waals surface area contributed by atoms with Gasteiger partial charge in [-0.2, -0.15) is 0 Å². The van der Waals surface area contributed by atoms with Crippen molar-refractivity contribution in [2.45, 2.75) is 12.8 Å². The monoisotopic (exact) mass is 389 g/mol. The van der Waals surface area contributed by atoms with Crippen molar-refractivity contribution in [3.05, 3.63) is 70.5 Å². The number of nitrogens with one attached hydrogen (secondary N) is 1. The van der Waals surface area contributed by atoms with Gasteiger partial charge in [0.25, 0.3) is 0 Å². The summed E-state index contributed by atoms with van der Waals surface area (Å²) in [5.74, 6) is -0.200. The van der Waals surface area contributed by atoms with Gasteiger partial charge in [0.05, 0.1) is 0 Å². The van der Waals surface area contributed by atoms with Crippen LogP contribution in [0.5, 0.6) is 0 Å². The third-order valence-electron chi connectivity index (χ3n) is 4.87. The Hall–Kier alpha value is -2.11. The summed E-state index contributed by atoms with van der Waals surface area (Å²) >= 11 is 5.98. The van der Waals surface area contributed by atoms with Crippen LogP contribution in [-0.2, 0) is 12.8 Å². The van der Waals surface area contributed by atoms with E-state index in [4.69, 9.17) is 11.6 Å². The van der Waals surface area contributed by atoms with Crippen LogP contribution in [0, 0.1) is 5.82 Å². The number of amides is 2. The number of carbonyl (C=O) groups is 1. The molecule has 0 aliphatic carbocycles. The van der Waals surface area contributed by atoms with E-state index in [1.807, 2.05) is 41.3 Å². The van der Waals surface area contributed by atoms with E-state index in [1.165, 1.54) is 12.1 Å². The lowest BCUT2D eigenvalue weighted by Gasteiger charge is -2.34. The molecule has 0 bridgehead atoms. The van der Waals surface area contributed by atoms with Crippen molar-refractivity contribution in [2.75, 3.05) is 39.3 Å². The summed E-state index contributed by atoms with van der Waals surface area (Å²) in [5.41, 5.74) is 2.26. The maximum atomic E-state index is 12.9. The van der Waals surface area contributed by atoms with Crippen molar-refractivity contribution in [2.24, 2.45) is 0 Å². The van der Waals surface area contributed by atoms with Crippen molar-refractivity contribution in [3.63, 3.8) is 0 Å². The second-order valence-corrected chi connectivity index (χ2v) is 7.25. The first-order valence-corrected chi connectivity index (χ1v) is 9.72. The Morgan fingerprint density at radius 1 is 1.00 bits per heavy atom. The van der Waals surface area contributed by atoms with Crippen molar-refractivity contribution in [3.8, 4) is 0 Å². The predicted octanol–water partition coefficient (Wildman–Crippen LogP) is 3.59. The van der Waals surface area contributed by atoms with Gasteiger partial charge in [0, 0.05) is 44.3 Å². The first-order chi connectivity index (χ1) is 13.1. The lowest BCUT2D eigenvalue weighted by molar-refractivity contribution is 0.140. The smallest absolute Gasteiger partial charge is 0.317 e. The maximum Gasteiger partial charge on any atom is 0.317 e. The molecule has 2 amide bonds. The SMILES string of the molecule is O=C(NCCc1cccc(Cl)c1)N1CCN(CCc2ccc(F)cc2)CC1. The molecule has 3 rings (SSSR count). The van der Waals surface area contributed by atoms with E-state index in [2.05, 4.69) is 10.2 Å². The molecule has 144 valence electrons. The van der Waals surface area contributed by atoms with E-state index < -0.39 is 0 Å². The zero-order chi connectivity index (χ0) is 19.1. The quantitative estimate of drug-likeness (QED) is 0.819. The zero-order valence-corrected chi connectivity index (χ0v) is 16.1. The van der Waals surface area contributed by atoms with Crippen LogP contribution in [0.25, 0.3) is 0 Å². The molecule has 0 unspecified atom stereocenters. The van der Waals surface area contributed by atoms with E-state index in [9.17, 15) is 9.18 Å². The first kappa shape index (κ1) is 19.6. The Morgan fingerprint density at radius 3 is 2.44 bits per heavy atom. The largest absolute Gasteiger partial charge is 0.338 e. The van der Waals surface area contributed by atoms with Crippen LogP contribution in [0.2, 0.25) is 5.02 Å². The number of rotatable bonds is 6. The predicted molar refractivity (Wildman–Crippen MR) is 107 cm³/mol. The molecule has 1 aliphatic rings. The fraction of sp³-hybridized carbons (Fsp3) is 0.381. The first-order valence-electron chi connectivity index (χ1n) is 9.34. The third-order valence-corrected chi connectivity index (χ3v) is 5.10. The Balaban J connectivity index is 1.34. The van der Waals surface area contributed by atoms with Crippen molar-refractivity contribution >= 4 is 17.6 Å². The van der Waals surface area contributed by atoms with Crippen LogP contribution in [-0.4, -0.2) is 55.1 Å². The normalized spacial score (nSPS) is 15.0. The summed E-state index contributed by atoms with van der Waals surface area (Å²) in [6, 6.07) is 14.4. The number of carbonyl (C=O) groups excluding carboxylic acids is 1. The van der Waals surface area contributed by atoms with E-state index in [-0.39, 0.29) is 11.8 Å². The highest BCUT2D eigenvalue weighted by atomic mass is 35.5. The standard InChI is InChI=1S/C21H25ClFN3O/c22-19-3-1-2-18(16-19)8-10-24-21(27)26-14-12-25(13-15-26)11-9-17-4-6-20(23)7-5-17/h1-7,16H,8-15H2,(H,24,27). The molecule has 4 nitrogen and oxygen atoms in total. The average molecular weight is 390 g/mol. The molecule has 1 saturated heterocycles. The Bertz CT molecular complexity index is 745. The van der Waals surface area contributed by atoms with Crippen LogP contribution in [0.1, 0.15) is 11.1 Å². The molecular weight excluding hydrogens is 365 g/mol. The molecular formula is C21H25ClFN3O. The zero-order valence-electron chi connectivity index (χ0n) is 15.3. The number of hydrogen-bond acceptors (Lipinski definition) is 2. The molecule has 0 spiro atoms. The Morgan fingerprint density at radius 2 is 1.74 bits per heavy atom. The summed E-state index contributed by atoms with van der Waals surface area (Å²) in [7, 11) is 0. The average Bonchev–Trinajstić information content (AvgIpc) is 2.68. The number of halogens is 2. The second kappa shape index (κ2) is 9.72. The highest BCUT2D eigenvalue weighted by molar-refractivity contribution is 6.30. The van der Waals surface area contributed by atoms with Crippen LogP contribution < -0.4 is 5.32 Å². The minimum absolute atomic E-state index is 0.00443. The van der Waals surface area contributed by atoms with Gasteiger partial charge in [-0.3, -0.25) is 4.90 Å². The van der Waals surface area contributed by atoms with Gasteiger partial charge in [-0.25, -0.2) is 9.18 Å². The van der Waals surface area contributed by atoms with Gasteiger partial charge in [-0.05, 0) is 48.2 Å². The fourth-order valence-electron chi connectivity index (χ4n) is 3.23. The minimum Gasteiger partial charge on any atom is -0.338 e. The maximum absolute atomic E-state index is 12.9. The third kappa shape index (κ3) is 6.22. The highest BCUT2D eigenvalue weighted by Crippen LogP contribution is 2.11. The molecule has 0 radical (unpaired) electrons. The number of hydrogen-bond donors (Lipinski definition) is 1. The number of urea groups is 1. The van der Waals surface area contributed by atoms with Crippen LogP contribution in [0.4, 0.5) is 9.18 Å². The molecule has 6 heteroatoms. The van der Waals surface area contributed by atoms with Gasteiger partial charge in [0.1, 0.15) is 5.82 Å². The van der Waals surface area contributed by atoms with Gasteiger partial charge in [-0.1, -0.05) is 35.9 Å². The molecule has 1 fully saturated rings. The second-order valence-electron chi connectivity index (χ2n) is 6.82. The lowest BCUT2D eigenvalue weighted by Crippen LogP contribution is -2.52. The van der Waals surface area contributed by atoms with Gasteiger partial charge in [0.2, 0.25) is 0 Å². The summed E-state index contributed by atoms with van der Waals surface area (Å²) in [6.07, 6.45) is 1.66. The van der Waals surface area contributed by atoms with Crippen LogP contribution in [0.3, 0.4) is 0 Å². The van der Waals surface area contributed by atoms with Gasteiger partial charge in [-0.15, -0.1) is 0 Å². The van der Waals surface area contributed by atoms with Crippen LogP contribution >= 0.6 is 11.6 Å². The summed E-state index contributed by atoms with van der Waals surface area (Å²) < 4.78 is 12.9. The molecule has 1 N–H and O–H groups in total. The fourth-order valence-corrected chi connectivity index (χ4v) is 3.44. The van der Waals surface area contributed by atoms with E-state index in [0.29, 0.717) is 6.54 Å². The molecule has 2 aromatic rings. The van der Waals surface area contributed by atoms with Gasteiger partial charge < -0.3 is 10.2 Å². The highest BCUT2D eigenvalue weighted by Gasteiger charge is 2.20. The van der Waals surface area contributed by atoms with Crippen LogP contribution in [0.15, 0.2) is 48.5 Å². The Kier molecular flexibility index (Phi) is 7.07. The molecule has 0 atom stereocenters. The van der Waals surface area contributed by atoms with Gasteiger partial charge >= 0.3 is 6.03 Å². The summed E-state index contributed by atoms with van der Waals surface area (Å²) in [5, 5.41) is 3.71. The summed E-state index contributed by atoms with van der Waals surface area (Å²) in [6.45, 7) is 4.71. The minimum atomic E-state index is -0.200. The van der Waals surface area contributed by atoms with Gasteiger partial charge in [0.15, 0.2) is 0 Å². The number of benzene rings is 2. The summed E-state index contributed by atoms with van der Waals surface area (Å²) in [4.78, 5) is 16.5. The molecule has 2 aromatic carbocycles. The topological polar surface area (TPSA) is 35.6 Å². The molecule has 27 heavy (non-hydrogen) atoms. The Labute approximate surface area is 164 Å². The molecule has 1 aliphatic heterocycles. The molecule has 0 aromatic heterocycles. The van der Waals surface area contributed by atoms with E-state index in [1.54, 1.807) is 0 Å². The van der Waals surface area contributed by atoms with Crippen molar-refractivity contribution in [1.29, 1.82) is 0 Å².